The van der Waals surface area contributed by atoms with Crippen LogP contribution >= 0.6 is 11.3 Å². The van der Waals surface area contributed by atoms with Crippen LogP contribution in [0.15, 0.2) is 18.2 Å². The van der Waals surface area contributed by atoms with Crippen LogP contribution in [0.5, 0.6) is 0 Å². The first-order chi connectivity index (χ1) is 7.99. The number of carboxylic acid groups (broad SMARTS) is 2. The molecule has 0 bridgehead atoms. The topological polar surface area (TPSA) is 74.6 Å². The molecule has 0 aliphatic carbocycles. The molecule has 0 atom stereocenters. The van der Waals surface area contributed by atoms with Crippen molar-refractivity contribution in [3.63, 3.8) is 0 Å². The van der Waals surface area contributed by atoms with Gasteiger partial charge < -0.3 is 10.2 Å². The van der Waals surface area contributed by atoms with Gasteiger partial charge in [0, 0.05) is 4.70 Å². The largest absolute Gasteiger partial charge is 0.481 e. The van der Waals surface area contributed by atoms with E-state index >= 15 is 0 Å². The van der Waals surface area contributed by atoms with Crippen LogP contribution in [0.3, 0.4) is 0 Å². The van der Waals surface area contributed by atoms with Crippen LogP contribution in [-0.2, 0) is 11.2 Å². The number of carbonyl (C=O) groups is 2. The molecule has 0 spiro atoms. The molecule has 0 saturated carbocycles. The van der Waals surface area contributed by atoms with E-state index in [1.807, 2.05) is 0 Å². The van der Waals surface area contributed by atoms with Crippen molar-refractivity contribution in [3.05, 3.63) is 34.2 Å². The zero-order valence-electron chi connectivity index (χ0n) is 9.06. The maximum atomic E-state index is 11.0. The number of aromatic carboxylic acids is 1. The van der Waals surface area contributed by atoms with Gasteiger partial charge in [0.1, 0.15) is 4.88 Å². The maximum absolute atomic E-state index is 11.0. The summed E-state index contributed by atoms with van der Waals surface area (Å²) in [6, 6.07) is 5.25. The zero-order valence-corrected chi connectivity index (χ0v) is 9.87. The smallest absolute Gasteiger partial charge is 0.346 e. The number of aliphatic carboxylic acids is 1. The number of benzene rings is 1. The minimum atomic E-state index is -0.941. The van der Waals surface area contributed by atoms with Gasteiger partial charge in [0.15, 0.2) is 0 Å². The van der Waals surface area contributed by atoms with Crippen LogP contribution in [0.2, 0.25) is 0 Å². The molecule has 4 nitrogen and oxygen atoms in total. The first kappa shape index (κ1) is 11.6. The molecule has 1 aromatic carbocycles. The first-order valence-corrected chi connectivity index (χ1v) is 5.78. The molecule has 1 aromatic heterocycles. The van der Waals surface area contributed by atoms with Crippen molar-refractivity contribution in [1.29, 1.82) is 0 Å². The molecule has 2 N–H and O–H groups in total. The molecule has 2 rings (SSSR count). The van der Waals surface area contributed by atoms with Crippen LogP contribution in [0.4, 0.5) is 0 Å². The molecule has 0 radical (unpaired) electrons. The zero-order chi connectivity index (χ0) is 12.6. The highest BCUT2D eigenvalue weighted by Gasteiger charge is 2.14. The summed E-state index contributed by atoms with van der Waals surface area (Å²) in [6.45, 7) is 1.76. The van der Waals surface area contributed by atoms with Crippen molar-refractivity contribution in [1.82, 2.24) is 0 Å². The molecular weight excluding hydrogens is 240 g/mol. The molecule has 0 aliphatic heterocycles. The second kappa shape index (κ2) is 4.18. The Kier molecular flexibility index (Phi) is 2.85. The summed E-state index contributed by atoms with van der Waals surface area (Å²) in [7, 11) is 0. The highest BCUT2D eigenvalue weighted by molar-refractivity contribution is 7.21. The first-order valence-electron chi connectivity index (χ1n) is 4.96. The van der Waals surface area contributed by atoms with Crippen molar-refractivity contribution >= 4 is 33.4 Å². The molecular formula is C12H10O4S. The van der Waals surface area contributed by atoms with Gasteiger partial charge in [-0.1, -0.05) is 12.1 Å². The monoisotopic (exact) mass is 250 g/mol. The Balaban J connectivity index is 2.55. The lowest BCUT2D eigenvalue weighted by atomic mass is 10.1. The van der Waals surface area contributed by atoms with Crippen LogP contribution in [0, 0.1) is 6.92 Å². The third kappa shape index (κ3) is 2.14. The van der Waals surface area contributed by atoms with Gasteiger partial charge in [0.2, 0.25) is 0 Å². The predicted octanol–water partition coefficient (Wildman–Crippen LogP) is 2.54. The summed E-state index contributed by atoms with van der Waals surface area (Å²) in [5.41, 5.74) is 1.42. The number of thiophene rings is 1. The van der Waals surface area contributed by atoms with Gasteiger partial charge in [-0.2, -0.15) is 0 Å². The minimum absolute atomic E-state index is 0.0463. The standard InChI is InChI=1S/C12H10O4S/c1-6-8-3-2-7(5-10(13)14)4-9(8)17-11(6)12(15)16/h2-4H,5H2,1H3,(H,13,14)(H,15,16). The lowest BCUT2D eigenvalue weighted by molar-refractivity contribution is -0.136. The van der Waals surface area contributed by atoms with Gasteiger partial charge in [-0.25, -0.2) is 4.79 Å². The molecule has 1 heterocycles. The molecule has 0 fully saturated rings. The van der Waals surface area contributed by atoms with E-state index < -0.39 is 11.9 Å². The Morgan fingerprint density at radius 3 is 2.59 bits per heavy atom. The third-order valence-corrected chi connectivity index (χ3v) is 3.79. The third-order valence-electron chi connectivity index (χ3n) is 2.55. The quantitative estimate of drug-likeness (QED) is 0.877. The number of rotatable bonds is 3. The van der Waals surface area contributed by atoms with E-state index in [9.17, 15) is 9.59 Å². The second-order valence-electron chi connectivity index (χ2n) is 3.76. The highest BCUT2D eigenvalue weighted by atomic mass is 32.1. The van der Waals surface area contributed by atoms with Gasteiger partial charge >= 0.3 is 11.9 Å². The molecule has 0 amide bonds. The molecule has 5 heteroatoms. The van der Waals surface area contributed by atoms with E-state index in [1.165, 1.54) is 11.3 Å². The van der Waals surface area contributed by atoms with E-state index in [0.29, 0.717) is 10.4 Å². The van der Waals surface area contributed by atoms with Gasteiger partial charge in [0.05, 0.1) is 6.42 Å². The van der Waals surface area contributed by atoms with Crippen molar-refractivity contribution in [2.75, 3.05) is 0 Å². The number of aryl methyl sites for hydroxylation is 1. The Hall–Kier alpha value is -1.88. The predicted molar refractivity (Wildman–Crippen MR) is 64.9 cm³/mol. The van der Waals surface area contributed by atoms with E-state index in [4.69, 9.17) is 10.2 Å². The number of fused-ring (bicyclic) bond motifs is 1. The average molecular weight is 250 g/mol. The van der Waals surface area contributed by atoms with Crippen molar-refractivity contribution in [2.24, 2.45) is 0 Å². The summed E-state index contributed by atoms with van der Waals surface area (Å²) in [5, 5.41) is 18.6. The summed E-state index contributed by atoms with van der Waals surface area (Å²) in [6.07, 6.45) is -0.0463. The van der Waals surface area contributed by atoms with E-state index in [0.717, 1.165) is 15.6 Å². The van der Waals surface area contributed by atoms with Gasteiger partial charge in [-0.15, -0.1) is 11.3 Å². The Labute approximate surface area is 101 Å². The number of carboxylic acids is 2. The fraction of sp³-hybridized carbons (Fsp3) is 0.167. The molecule has 88 valence electrons. The number of hydrogen-bond acceptors (Lipinski definition) is 3. The lowest BCUT2D eigenvalue weighted by Crippen LogP contribution is -1.99. The van der Waals surface area contributed by atoms with Crippen LogP contribution in [0.25, 0.3) is 10.1 Å². The summed E-state index contributed by atoms with van der Waals surface area (Å²) < 4.78 is 0.818. The Morgan fingerprint density at radius 1 is 1.29 bits per heavy atom. The normalized spacial score (nSPS) is 10.6. The molecule has 2 aromatic rings. The summed E-state index contributed by atoms with van der Waals surface area (Å²) in [4.78, 5) is 21.9. The van der Waals surface area contributed by atoms with Crippen molar-refractivity contribution in [2.45, 2.75) is 13.3 Å². The maximum Gasteiger partial charge on any atom is 0.346 e. The van der Waals surface area contributed by atoms with E-state index in [2.05, 4.69) is 0 Å². The van der Waals surface area contributed by atoms with Gasteiger partial charge in [-0.3, -0.25) is 4.79 Å². The molecule has 17 heavy (non-hydrogen) atoms. The van der Waals surface area contributed by atoms with Crippen LogP contribution in [-0.4, -0.2) is 22.2 Å². The van der Waals surface area contributed by atoms with Crippen molar-refractivity contribution in [3.8, 4) is 0 Å². The van der Waals surface area contributed by atoms with E-state index in [-0.39, 0.29) is 6.42 Å². The SMILES string of the molecule is Cc1c(C(=O)O)sc2cc(CC(=O)O)ccc12. The average Bonchev–Trinajstić information content (AvgIpc) is 2.55. The second-order valence-corrected chi connectivity index (χ2v) is 4.81. The van der Waals surface area contributed by atoms with Gasteiger partial charge in [0.25, 0.3) is 0 Å². The molecule has 0 saturated heterocycles. The Bertz CT molecular complexity index is 612. The number of hydrogen-bond donors (Lipinski definition) is 2. The molecule has 0 aliphatic rings. The highest BCUT2D eigenvalue weighted by Crippen LogP contribution is 2.31. The summed E-state index contributed by atoms with van der Waals surface area (Å²) in [5.74, 6) is -1.83. The van der Waals surface area contributed by atoms with E-state index in [1.54, 1.807) is 25.1 Å². The molecule has 0 unspecified atom stereocenters. The summed E-state index contributed by atoms with van der Waals surface area (Å²) >= 11 is 1.18. The van der Waals surface area contributed by atoms with Crippen LogP contribution < -0.4 is 0 Å². The lowest BCUT2D eigenvalue weighted by Gasteiger charge is -1.97. The van der Waals surface area contributed by atoms with Gasteiger partial charge in [-0.05, 0) is 29.5 Å². The van der Waals surface area contributed by atoms with Crippen LogP contribution in [0.1, 0.15) is 20.8 Å². The Morgan fingerprint density at radius 2 is 2.00 bits per heavy atom. The van der Waals surface area contributed by atoms with Crippen molar-refractivity contribution < 1.29 is 19.8 Å². The fourth-order valence-corrected chi connectivity index (χ4v) is 2.87. The minimum Gasteiger partial charge on any atom is -0.481 e. The fourth-order valence-electron chi connectivity index (χ4n) is 1.76.